The summed E-state index contributed by atoms with van der Waals surface area (Å²) in [6.45, 7) is 0.804. The third-order valence-electron chi connectivity index (χ3n) is 5.99. The summed E-state index contributed by atoms with van der Waals surface area (Å²) >= 11 is 41.5. The third kappa shape index (κ3) is 20.5. The summed E-state index contributed by atoms with van der Waals surface area (Å²) < 4.78 is 7.41. The maximum absolute atomic E-state index is 10.2. The largest absolute Gasteiger partial charge is 0.375 e. The quantitative estimate of drug-likeness (QED) is 0.0695. The van der Waals surface area contributed by atoms with E-state index < -0.39 is 0 Å². The van der Waals surface area contributed by atoms with Crippen molar-refractivity contribution in [3.8, 4) is 0 Å². The number of thiocarbonyl (C=S) groups is 2. The number of nitrogens with zero attached hydrogens (tertiary/aromatic N) is 10. The van der Waals surface area contributed by atoms with E-state index in [0.717, 1.165) is 27.8 Å². The van der Waals surface area contributed by atoms with Gasteiger partial charge in [0.05, 0.1) is 22.5 Å². The Morgan fingerprint density at radius 2 is 1.39 bits per heavy atom. The first-order valence-electron chi connectivity index (χ1n) is 16.3. The Labute approximate surface area is 402 Å². The van der Waals surface area contributed by atoms with Crippen LogP contribution in [0.1, 0.15) is 0 Å². The molecule has 10 rings (SSSR count). The number of nitrogens with two attached hydrogens (primary N) is 3. The fraction of sp³-hybridized carbons (Fsp3) is 0.107. The fourth-order valence-corrected chi connectivity index (χ4v) is 6.81. The SMILES string of the molecule is Cn1[nH]nnc1=S.Nc1n[nH]c(=S)s1.Nc1nc2ccccc2s1.Nn1cn[nH]c1=S.O=C1CSC(=S)N1.S=C1N=CCN1.S=c1[nH]c(=S)[nH]c(=S)[nH]1.c1ccc2n[nH]nc2c1. The number of H-pyrrole nitrogens is 7. The van der Waals surface area contributed by atoms with Crippen LogP contribution in [-0.2, 0) is 11.8 Å². The Morgan fingerprint density at radius 3 is 1.69 bits per heavy atom. The molecule has 1 fully saturated rings. The number of aromatic nitrogens is 16. The van der Waals surface area contributed by atoms with Crippen LogP contribution in [0.15, 0.2) is 59.9 Å². The van der Waals surface area contributed by atoms with Crippen molar-refractivity contribution in [1.29, 1.82) is 0 Å². The Bertz CT molecular complexity index is 2830. The van der Waals surface area contributed by atoms with E-state index in [-0.39, 0.29) is 5.91 Å². The van der Waals surface area contributed by atoms with Crippen molar-refractivity contribution in [2.45, 2.75) is 0 Å². The van der Waals surface area contributed by atoms with Gasteiger partial charge in [-0.05, 0) is 110 Å². The molecule has 34 heteroatoms. The molecular formula is C28H32N22OS11. The van der Waals surface area contributed by atoms with Crippen molar-refractivity contribution in [2.24, 2.45) is 12.0 Å². The summed E-state index contributed by atoms with van der Waals surface area (Å²) in [7, 11) is 1.75. The van der Waals surface area contributed by atoms with E-state index in [1.54, 1.807) is 17.9 Å². The highest BCUT2D eigenvalue weighted by Crippen LogP contribution is 2.22. The van der Waals surface area contributed by atoms with Crippen LogP contribution in [-0.4, -0.2) is 114 Å². The summed E-state index contributed by atoms with van der Waals surface area (Å²) in [5.41, 5.74) is 13.5. The first-order chi connectivity index (χ1) is 29.6. The number of rotatable bonds is 0. The molecule has 0 aliphatic carbocycles. The van der Waals surface area contributed by atoms with Crippen molar-refractivity contribution in [1.82, 2.24) is 91.3 Å². The van der Waals surface area contributed by atoms with Gasteiger partial charge < -0.3 is 42.9 Å². The van der Waals surface area contributed by atoms with Gasteiger partial charge in [-0.15, -0.1) is 5.10 Å². The number of amides is 1. The molecule has 2 aliphatic rings. The summed E-state index contributed by atoms with van der Waals surface area (Å²) in [6.07, 6.45) is 3.16. The number of benzene rings is 2. The van der Waals surface area contributed by atoms with Crippen LogP contribution in [0.3, 0.4) is 0 Å². The molecule has 2 aromatic carbocycles. The smallest absolute Gasteiger partial charge is 0.237 e. The number of aryl methyl sites for hydroxylation is 1. The molecule has 326 valence electrons. The Kier molecular flexibility index (Phi) is 22.7. The van der Waals surface area contributed by atoms with E-state index in [1.165, 1.54) is 45.4 Å². The van der Waals surface area contributed by atoms with Crippen LogP contribution in [0.5, 0.6) is 0 Å². The predicted octanol–water partition coefficient (Wildman–Crippen LogP) is 5.09. The molecule has 62 heavy (non-hydrogen) atoms. The van der Waals surface area contributed by atoms with Gasteiger partial charge in [0.2, 0.25) is 20.6 Å². The number of nitrogen functional groups attached to an aromatic ring is 3. The Balaban J connectivity index is 0.000000190. The highest BCUT2D eigenvalue weighted by atomic mass is 32.2. The number of carbonyl (C=O) groups excluding carboxylic acids is 1. The molecule has 0 bridgehead atoms. The number of anilines is 2. The first kappa shape index (κ1) is 51.1. The normalized spacial score (nSPS) is 11.7. The molecule has 15 N–H and O–H groups in total. The van der Waals surface area contributed by atoms with E-state index >= 15 is 0 Å². The number of thioether (sulfide) groups is 1. The molecule has 1 amide bonds. The highest BCUT2D eigenvalue weighted by molar-refractivity contribution is 8.24. The fourth-order valence-electron chi connectivity index (χ4n) is 3.44. The van der Waals surface area contributed by atoms with Crippen molar-refractivity contribution in [3.05, 3.63) is 82.7 Å². The molecule has 0 unspecified atom stereocenters. The Morgan fingerprint density at radius 1 is 0.774 bits per heavy atom. The second-order valence-corrected chi connectivity index (χ2v) is 17.3. The minimum absolute atomic E-state index is 0.0231. The van der Waals surface area contributed by atoms with Gasteiger partial charge >= 0.3 is 0 Å². The van der Waals surface area contributed by atoms with Crippen LogP contribution in [0.2, 0.25) is 0 Å². The van der Waals surface area contributed by atoms with Crippen molar-refractivity contribution in [2.75, 3.05) is 29.6 Å². The van der Waals surface area contributed by atoms with Gasteiger partial charge in [-0.3, -0.25) is 15.0 Å². The van der Waals surface area contributed by atoms with Gasteiger partial charge in [-0.2, -0.15) is 25.7 Å². The van der Waals surface area contributed by atoms with Gasteiger partial charge in [0.25, 0.3) is 0 Å². The molecule has 0 spiro atoms. The standard InChI is InChI=1S/C7H6N2S.C6H5N3.C3H3N3S3.C3H4N2S.C3H3NOS2.2C2H4N4S.C2H3N3S2/c8-7-9-5-3-1-2-4-6(5)10-7;1-2-4-6-5(3-1)7-9-8-6;7-1-4-2(8)6-3(9)5-1;6-3-4-1-2-5-3;5-2-1-7-3(6)4-2;3-6-1-4-5-2(6)7;1-6-2(7)3-4-5-6;3-1-4-5-2(6)7-1/h1-4H,(H2,8,9);1-4H,(H,7,8,9);(H3,4,5,6,7,8,9);1H,2H2,(H,5,6);1H2,(H,4,5,6);1H,3H2,(H,5,7);1H3,(H,3,5,7);(H2,3,4)(H,5,6). The molecular weight excluding hydrogens is 1010 g/mol. The van der Waals surface area contributed by atoms with E-state index in [4.69, 9.17) is 54.0 Å². The minimum atomic E-state index is 0.0231. The van der Waals surface area contributed by atoms with Crippen molar-refractivity contribution in [3.63, 3.8) is 0 Å². The van der Waals surface area contributed by atoms with Crippen LogP contribution >= 0.6 is 132 Å². The third-order valence-corrected chi connectivity index (χ3v) is 10.5. The first-order valence-corrected chi connectivity index (χ1v) is 22.2. The Hall–Kier alpha value is -5.30. The van der Waals surface area contributed by atoms with Gasteiger partial charge in [-0.1, -0.05) is 81.2 Å². The molecule has 8 aromatic rings. The number of para-hydroxylation sites is 3. The van der Waals surface area contributed by atoms with Crippen LogP contribution < -0.4 is 27.9 Å². The van der Waals surface area contributed by atoms with E-state index in [2.05, 4.69) is 148 Å². The number of aliphatic imine (C=N–C) groups is 1. The predicted molar refractivity (Wildman–Crippen MR) is 268 cm³/mol. The van der Waals surface area contributed by atoms with E-state index in [1.807, 2.05) is 48.5 Å². The van der Waals surface area contributed by atoms with Gasteiger partial charge in [0.15, 0.2) is 28.5 Å². The molecule has 0 atom stereocenters. The number of hydrogen-bond donors (Lipinski definition) is 12. The number of thiazole rings is 1. The maximum Gasteiger partial charge on any atom is 0.237 e. The summed E-state index contributed by atoms with van der Waals surface area (Å²) in [4.78, 5) is 26.1. The van der Waals surface area contributed by atoms with E-state index in [9.17, 15) is 4.79 Å². The molecule has 2 aliphatic heterocycles. The number of nitrogens with one attached hydrogen (secondary N) is 9. The van der Waals surface area contributed by atoms with Gasteiger partial charge in [-0.25, -0.2) is 19.3 Å². The molecule has 0 saturated carbocycles. The lowest BCUT2D eigenvalue weighted by Gasteiger charge is -1.84. The number of hydrogen-bond acceptors (Lipinski definition) is 22. The summed E-state index contributed by atoms with van der Waals surface area (Å²) in [5, 5.41) is 38.9. The second kappa shape index (κ2) is 27.6. The molecule has 0 radical (unpaired) electrons. The lowest BCUT2D eigenvalue weighted by Crippen LogP contribution is -2.18. The van der Waals surface area contributed by atoms with Gasteiger partial charge in [0.1, 0.15) is 21.7 Å². The number of tetrazole rings is 1. The molecule has 8 heterocycles. The minimum Gasteiger partial charge on any atom is -0.375 e. The number of aromatic amines is 7. The molecule has 1 saturated heterocycles. The van der Waals surface area contributed by atoms with Gasteiger partial charge in [0, 0.05) is 13.3 Å². The average Bonchev–Trinajstić information content (AvgIpc) is 4.11. The lowest BCUT2D eigenvalue weighted by atomic mass is 10.3. The average molecular weight is 1050 g/mol. The zero-order valence-corrected chi connectivity index (χ0v) is 40.3. The lowest BCUT2D eigenvalue weighted by molar-refractivity contribution is -0.116. The topological polar surface area (TPSA) is 342 Å². The van der Waals surface area contributed by atoms with Crippen LogP contribution in [0.25, 0.3) is 21.3 Å². The summed E-state index contributed by atoms with van der Waals surface area (Å²) in [6, 6.07) is 15.6. The highest BCUT2D eigenvalue weighted by Gasteiger charge is 2.13. The zero-order chi connectivity index (χ0) is 45.4. The molecule has 23 nitrogen and oxygen atoms in total. The van der Waals surface area contributed by atoms with E-state index in [0.29, 0.717) is 53.3 Å². The van der Waals surface area contributed by atoms with Crippen LogP contribution in [0.4, 0.5) is 10.3 Å². The molecule has 6 aromatic heterocycles. The van der Waals surface area contributed by atoms with Crippen molar-refractivity contribution >= 4 is 185 Å². The number of carbonyl (C=O) groups is 1. The monoisotopic (exact) mass is 1040 g/mol. The number of fused-ring (bicyclic) bond motifs is 2. The van der Waals surface area contributed by atoms with Crippen LogP contribution in [0, 0.1) is 27.8 Å². The van der Waals surface area contributed by atoms with Crippen molar-refractivity contribution < 1.29 is 4.79 Å². The second-order valence-electron chi connectivity index (χ2n) is 10.5. The summed E-state index contributed by atoms with van der Waals surface area (Å²) in [5.74, 6) is 5.68. The zero-order valence-electron chi connectivity index (χ0n) is 31.3. The maximum atomic E-state index is 10.2.